The Kier molecular flexibility index (Phi) is 7.08. The zero-order chi connectivity index (χ0) is 23.5. The van der Waals surface area contributed by atoms with Gasteiger partial charge in [-0.05, 0) is 67.6 Å². The van der Waals surface area contributed by atoms with Gasteiger partial charge < -0.3 is 14.7 Å². The largest absolute Gasteiger partial charge is 0.507 e. The molecule has 1 saturated heterocycles. The van der Waals surface area contributed by atoms with Gasteiger partial charge in [-0.3, -0.25) is 9.59 Å². The number of hydrogen-bond donors (Lipinski definition) is 1. The molecule has 4 rings (SSSR count). The summed E-state index contributed by atoms with van der Waals surface area (Å²) in [5, 5.41) is 11.9. The van der Waals surface area contributed by atoms with Crippen LogP contribution in [0.5, 0.6) is 5.75 Å². The molecule has 1 aliphatic heterocycles. The molecule has 1 heterocycles. The normalized spacial score (nSPS) is 20.9. The molecular formula is C27H30ClNO4. The molecule has 2 aromatic carbocycles. The first-order chi connectivity index (χ1) is 15.9. The van der Waals surface area contributed by atoms with Gasteiger partial charge in [0.2, 0.25) is 0 Å². The summed E-state index contributed by atoms with van der Waals surface area (Å²) in [5.41, 5.74) is 2.26. The van der Waals surface area contributed by atoms with Crippen LogP contribution in [0.15, 0.2) is 48.0 Å². The standard InChI is InChI=1S/C27H30ClNO4/c1-3-15-33-22-14-11-19(16-17(22)2)25(30)23-24(18-9-12-20(28)13-10-18)29(27(32)26(23)31)21-7-5-4-6-8-21/h9-14,16,21,24,30H,3-8,15H2,1-2H3/b25-23-. The number of aliphatic hydroxyl groups is 1. The van der Waals surface area contributed by atoms with Crippen molar-refractivity contribution in [2.45, 2.75) is 64.5 Å². The van der Waals surface area contributed by atoms with Crippen LogP contribution in [0.1, 0.15) is 68.2 Å². The number of carbonyl (C=O) groups is 2. The highest BCUT2D eigenvalue weighted by Gasteiger charge is 2.48. The number of ether oxygens (including phenoxy) is 1. The third kappa shape index (κ3) is 4.65. The highest BCUT2D eigenvalue weighted by atomic mass is 35.5. The molecule has 1 saturated carbocycles. The van der Waals surface area contributed by atoms with Crippen molar-refractivity contribution >= 4 is 29.1 Å². The summed E-state index contributed by atoms with van der Waals surface area (Å²) in [6, 6.07) is 11.8. The van der Waals surface area contributed by atoms with Crippen LogP contribution in [0.3, 0.4) is 0 Å². The van der Waals surface area contributed by atoms with Gasteiger partial charge in [0.15, 0.2) is 0 Å². The molecule has 0 spiro atoms. The smallest absolute Gasteiger partial charge is 0.295 e. The quantitative estimate of drug-likeness (QED) is 0.312. The number of nitrogens with zero attached hydrogens (tertiary/aromatic N) is 1. The van der Waals surface area contributed by atoms with Crippen LogP contribution in [0.4, 0.5) is 0 Å². The average molecular weight is 468 g/mol. The van der Waals surface area contributed by atoms with Gasteiger partial charge in [-0.25, -0.2) is 0 Å². The van der Waals surface area contributed by atoms with E-state index in [2.05, 4.69) is 0 Å². The number of benzene rings is 2. The van der Waals surface area contributed by atoms with E-state index in [0.29, 0.717) is 17.2 Å². The maximum Gasteiger partial charge on any atom is 0.295 e. The van der Waals surface area contributed by atoms with Crippen molar-refractivity contribution in [3.8, 4) is 5.75 Å². The molecule has 1 amide bonds. The number of amides is 1. The molecule has 2 aliphatic rings. The van der Waals surface area contributed by atoms with Crippen molar-refractivity contribution < 1.29 is 19.4 Å². The fraction of sp³-hybridized carbons (Fsp3) is 0.407. The molecule has 0 radical (unpaired) electrons. The summed E-state index contributed by atoms with van der Waals surface area (Å²) in [5.74, 6) is -0.591. The number of rotatable bonds is 6. The summed E-state index contributed by atoms with van der Waals surface area (Å²) in [6.07, 6.45) is 5.81. The van der Waals surface area contributed by atoms with Gasteiger partial charge in [0.1, 0.15) is 11.5 Å². The second kappa shape index (κ2) is 10.0. The second-order valence-electron chi connectivity index (χ2n) is 8.88. The lowest BCUT2D eigenvalue weighted by Gasteiger charge is -2.35. The van der Waals surface area contributed by atoms with E-state index in [9.17, 15) is 14.7 Å². The molecule has 5 nitrogen and oxygen atoms in total. The van der Waals surface area contributed by atoms with E-state index in [4.69, 9.17) is 16.3 Å². The lowest BCUT2D eigenvalue weighted by molar-refractivity contribution is -0.141. The van der Waals surface area contributed by atoms with Crippen molar-refractivity contribution in [2.75, 3.05) is 6.61 Å². The second-order valence-corrected chi connectivity index (χ2v) is 9.31. The fourth-order valence-corrected chi connectivity index (χ4v) is 5.01. The molecule has 0 bridgehead atoms. The van der Waals surface area contributed by atoms with E-state index in [0.717, 1.165) is 55.4 Å². The van der Waals surface area contributed by atoms with E-state index in [-0.39, 0.29) is 17.4 Å². The van der Waals surface area contributed by atoms with E-state index < -0.39 is 17.7 Å². The molecular weight excluding hydrogens is 438 g/mol. The Labute approximate surface area is 200 Å². The van der Waals surface area contributed by atoms with Crippen LogP contribution in [-0.4, -0.2) is 34.3 Å². The summed E-state index contributed by atoms with van der Waals surface area (Å²) in [6.45, 7) is 4.55. The molecule has 1 aliphatic carbocycles. The van der Waals surface area contributed by atoms with Crippen LogP contribution in [0, 0.1) is 6.92 Å². The lowest BCUT2D eigenvalue weighted by Crippen LogP contribution is -2.40. The highest BCUT2D eigenvalue weighted by Crippen LogP contribution is 2.43. The first-order valence-electron chi connectivity index (χ1n) is 11.7. The zero-order valence-corrected chi connectivity index (χ0v) is 19.9. The number of aliphatic hydroxyl groups excluding tert-OH is 1. The molecule has 2 aromatic rings. The minimum Gasteiger partial charge on any atom is -0.507 e. The topological polar surface area (TPSA) is 66.8 Å². The predicted octanol–water partition coefficient (Wildman–Crippen LogP) is 6.19. The lowest BCUT2D eigenvalue weighted by atomic mass is 9.91. The van der Waals surface area contributed by atoms with Crippen LogP contribution < -0.4 is 4.74 Å². The summed E-state index contributed by atoms with van der Waals surface area (Å²) in [7, 11) is 0. The Hall–Kier alpha value is -2.79. The van der Waals surface area contributed by atoms with Crippen LogP contribution in [0.25, 0.3) is 5.76 Å². The number of ketones is 1. The summed E-state index contributed by atoms with van der Waals surface area (Å²) in [4.78, 5) is 28.2. The molecule has 1 atom stereocenters. The zero-order valence-electron chi connectivity index (χ0n) is 19.1. The van der Waals surface area contributed by atoms with E-state index in [1.165, 1.54) is 0 Å². The van der Waals surface area contributed by atoms with E-state index in [1.54, 1.807) is 35.2 Å². The number of Topliss-reactive ketones (excluding diaryl/α,β-unsaturated/α-hetero) is 1. The number of hydrogen-bond acceptors (Lipinski definition) is 4. The van der Waals surface area contributed by atoms with Crippen molar-refractivity contribution in [3.63, 3.8) is 0 Å². The third-order valence-electron chi connectivity index (χ3n) is 6.54. The van der Waals surface area contributed by atoms with Gasteiger partial charge in [-0.1, -0.05) is 49.9 Å². The van der Waals surface area contributed by atoms with Gasteiger partial charge in [0, 0.05) is 16.6 Å². The van der Waals surface area contributed by atoms with E-state index in [1.807, 2.05) is 26.0 Å². The molecule has 174 valence electrons. The highest BCUT2D eigenvalue weighted by molar-refractivity contribution is 6.46. The first-order valence-corrected chi connectivity index (χ1v) is 12.1. The Bertz CT molecular complexity index is 1070. The predicted molar refractivity (Wildman–Crippen MR) is 129 cm³/mol. The first kappa shape index (κ1) is 23.4. The number of carbonyl (C=O) groups excluding carboxylic acids is 2. The van der Waals surface area contributed by atoms with Crippen LogP contribution >= 0.6 is 11.6 Å². The Morgan fingerprint density at radius 3 is 2.42 bits per heavy atom. The minimum absolute atomic E-state index is 0.0206. The van der Waals surface area contributed by atoms with Gasteiger partial charge in [0.05, 0.1) is 18.2 Å². The van der Waals surface area contributed by atoms with Crippen LogP contribution in [0.2, 0.25) is 5.02 Å². The van der Waals surface area contributed by atoms with Crippen LogP contribution in [-0.2, 0) is 9.59 Å². The molecule has 1 N–H and O–H groups in total. The van der Waals surface area contributed by atoms with Gasteiger partial charge in [-0.2, -0.15) is 0 Å². The SMILES string of the molecule is CCCOc1ccc(/C(O)=C2/C(=O)C(=O)N(C3CCCCC3)C2c2ccc(Cl)cc2)cc1C. The maximum absolute atomic E-state index is 13.3. The molecule has 6 heteroatoms. The minimum atomic E-state index is -0.637. The molecule has 2 fully saturated rings. The molecule has 0 aromatic heterocycles. The third-order valence-corrected chi connectivity index (χ3v) is 6.80. The summed E-state index contributed by atoms with van der Waals surface area (Å²) >= 11 is 6.10. The number of halogens is 1. The average Bonchev–Trinajstić information content (AvgIpc) is 3.09. The Morgan fingerprint density at radius 1 is 1.09 bits per heavy atom. The number of likely N-dealkylation sites (tertiary alicyclic amines) is 1. The van der Waals surface area contributed by atoms with E-state index >= 15 is 0 Å². The molecule has 33 heavy (non-hydrogen) atoms. The Morgan fingerprint density at radius 2 is 1.79 bits per heavy atom. The van der Waals surface area contributed by atoms with Crippen molar-refractivity contribution in [2.24, 2.45) is 0 Å². The van der Waals surface area contributed by atoms with Crippen molar-refractivity contribution in [1.29, 1.82) is 0 Å². The fourth-order valence-electron chi connectivity index (χ4n) is 4.88. The van der Waals surface area contributed by atoms with Gasteiger partial charge >= 0.3 is 0 Å². The Balaban J connectivity index is 1.80. The maximum atomic E-state index is 13.3. The number of aryl methyl sites for hydroxylation is 1. The van der Waals surface area contributed by atoms with Crippen molar-refractivity contribution in [3.05, 3.63) is 69.8 Å². The van der Waals surface area contributed by atoms with Crippen molar-refractivity contribution in [1.82, 2.24) is 4.90 Å². The molecule has 1 unspecified atom stereocenters. The van der Waals surface area contributed by atoms with Gasteiger partial charge in [0.25, 0.3) is 11.7 Å². The summed E-state index contributed by atoms with van der Waals surface area (Å²) < 4.78 is 5.74. The van der Waals surface area contributed by atoms with Gasteiger partial charge in [-0.15, -0.1) is 0 Å². The monoisotopic (exact) mass is 467 g/mol.